The first-order valence-corrected chi connectivity index (χ1v) is 5.35. The number of hydrogen-bond acceptors (Lipinski definition) is 2. The molecule has 2 N–H and O–H groups in total. The Morgan fingerprint density at radius 3 is 2.57 bits per heavy atom. The van der Waals surface area contributed by atoms with Crippen LogP contribution in [0.25, 0.3) is 0 Å². The van der Waals surface area contributed by atoms with Crippen molar-refractivity contribution in [2.75, 3.05) is 13.1 Å². The van der Waals surface area contributed by atoms with E-state index >= 15 is 0 Å². The zero-order valence-corrected chi connectivity index (χ0v) is 9.71. The van der Waals surface area contributed by atoms with E-state index in [1.807, 2.05) is 0 Å². The van der Waals surface area contributed by atoms with Crippen LogP contribution in [0.3, 0.4) is 0 Å². The summed E-state index contributed by atoms with van der Waals surface area (Å²) in [6, 6.07) is -0.0487. The van der Waals surface area contributed by atoms with E-state index in [9.17, 15) is 4.79 Å². The van der Waals surface area contributed by atoms with E-state index < -0.39 is 0 Å². The molecule has 1 rings (SSSR count). The number of carbonyl (C=O) groups excluding carboxylic acids is 1. The molecule has 3 heteroatoms. The second-order valence-corrected chi connectivity index (χ2v) is 5.61. The van der Waals surface area contributed by atoms with Gasteiger partial charge in [-0.3, -0.25) is 9.69 Å². The number of primary amides is 1. The number of amides is 1. The van der Waals surface area contributed by atoms with Gasteiger partial charge < -0.3 is 5.73 Å². The predicted molar refractivity (Wildman–Crippen MR) is 57.8 cm³/mol. The van der Waals surface area contributed by atoms with E-state index in [0.29, 0.717) is 5.92 Å². The van der Waals surface area contributed by atoms with Crippen molar-refractivity contribution >= 4 is 5.91 Å². The van der Waals surface area contributed by atoms with Gasteiger partial charge in [0.05, 0.1) is 6.04 Å². The molecule has 3 nitrogen and oxygen atoms in total. The average Bonchev–Trinajstić information content (AvgIpc) is 2.24. The Kier molecular flexibility index (Phi) is 3.20. The molecule has 1 atom stereocenters. The molecule has 82 valence electrons. The molecule has 0 radical (unpaired) electrons. The molecule has 1 amide bonds. The predicted octanol–water partition coefficient (Wildman–Crippen LogP) is 1.23. The van der Waals surface area contributed by atoms with Gasteiger partial charge in [0.25, 0.3) is 0 Å². The molecule has 0 aromatic carbocycles. The Morgan fingerprint density at radius 1 is 1.57 bits per heavy atom. The number of nitrogens with zero attached hydrogens (tertiary/aromatic N) is 1. The van der Waals surface area contributed by atoms with Gasteiger partial charge in [-0.15, -0.1) is 0 Å². The molecule has 1 aliphatic heterocycles. The lowest BCUT2D eigenvalue weighted by atomic mass is 9.90. The molecule has 0 aromatic heterocycles. The van der Waals surface area contributed by atoms with Crippen LogP contribution >= 0.6 is 0 Å². The van der Waals surface area contributed by atoms with Gasteiger partial charge in [0.2, 0.25) is 5.91 Å². The highest BCUT2D eigenvalue weighted by Crippen LogP contribution is 2.34. The summed E-state index contributed by atoms with van der Waals surface area (Å²) in [6.45, 7) is 10.7. The van der Waals surface area contributed by atoms with Gasteiger partial charge >= 0.3 is 0 Å². The Labute approximate surface area is 86.6 Å². The minimum Gasteiger partial charge on any atom is -0.368 e. The third-order valence-corrected chi connectivity index (χ3v) is 2.75. The molecule has 1 saturated heterocycles. The molecule has 0 aromatic rings. The lowest BCUT2D eigenvalue weighted by Gasteiger charge is -2.24. The second kappa shape index (κ2) is 3.89. The standard InChI is InChI=1S/C11H22N2O/c1-8(2)6-13-7-11(3,4)5-9(13)10(12)14/h8-9H,5-7H2,1-4H3,(H2,12,14). The lowest BCUT2D eigenvalue weighted by Crippen LogP contribution is -2.41. The van der Waals surface area contributed by atoms with Gasteiger partial charge in [-0.25, -0.2) is 0 Å². The van der Waals surface area contributed by atoms with E-state index in [1.165, 1.54) is 0 Å². The van der Waals surface area contributed by atoms with Crippen molar-refractivity contribution in [1.29, 1.82) is 0 Å². The number of carbonyl (C=O) groups is 1. The van der Waals surface area contributed by atoms with Crippen LogP contribution in [-0.4, -0.2) is 29.9 Å². The number of nitrogens with two attached hydrogens (primary N) is 1. The average molecular weight is 198 g/mol. The van der Waals surface area contributed by atoms with Crippen molar-refractivity contribution in [3.05, 3.63) is 0 Å². The molecule has 0 aliphatic carbocycles. The third kappa shape index (κ3) is 2.71. The first kappa shape index (κ1) is 11.5. The Morgan fingerprint density at radius 2 is 2.14 bits per heavy atom. The van der Waals surface area contributed by atoms with Gasteiger partial charge in [0.1, 0.15) is 0 Å². The van der Waals surface area contributed by atoms with Gasteiger partial charge in [-0.05, 0) is 17.8 Å². The smallest absolute Gasteiger partial charge is 0.234 e. The number of likely N-dealkylation sites (tertiary alicyclic amines) is 1. The molecule has 0 spiro atoms. The van der Waals surface area contributed by atoms with Crippen LogP contribution in [0.2, 0.25) is 0 Å². The Bertz CT molecular complexity index is 223. The summed E-state index contributed by atoms with van der Waals surface area (Å²) < 4.78 is 0. The van der Waals surface area contributed by atoms with Gasteiger partial charge in [-0.2, -0.15) is 0 Å². The van der Waals surface area contributed by atoms with Gasteiger partial charge in [0.15, 0.2) is 0 Å². The van der Waals surface area contributed by atoms with Crippen LogP contribution in [0.1, 0.15) is 34.1 Å². The maximum absolute atomic E-state index is 11.3. The topological polar surface area (TPSA) is 46.3 Å². The van der Waals surface area contributed by atoms with Crippen LogP contribution in [-0.2, 0) is 4.79 Å². The summed E-state index contributed by atoms with van der Waals surface area (Å²) in [7, 11) is 0. The quantitative estimate of drug-likeness (QED) is 0.741. The minimum atomic E-state index is -0.170. The highest BCUT2D eigenvalue weighted by atomic mass is 16.1. The zero-order chi connectivity index (χ0) is 10.9. The van der Waals surface area contributed by atoms with E-state index in [1.54, 1.807) is 0 Å². The number of hydrogen-bond donors (Lipinski definition) is 1. The summed E-state index contributed by atoms with van der Waals surface area (Å²) in [5, 5.41) is 0. The Hall–Kier alpha value is -0.570. The molecule has 1 fully saturated rings. The van der Waals surface area contributed by atoms with Crippen LogP contribution in [0.4, 0.5) is 0 Å². The molecule has 0 bridgehead atoms. The van der Waals surface area contributed by atoms with Crippen molar-refractivity contribution in [3.8, 4) is 0 Å². The summed E-state index contributed by atoms with van der Waals surface area (Å²) in [4.78, 5) is 13.5. The summed E-state index contributed by atoms with van der Waals surface area (Å²) in [6.07, 6.45) is 0.898. The molecule has 1 unspecified atom stereocenters. The maximum Gasteiger partial charge on any atom is 0.234 e. The number of rotatable bonds is 3. The fourth-order valence-electron chi connectivity index (χ4n) is 2.32. The summed E-state index contributed by atoms with van der Waals surface area (Å²) >= 11 is 0. The first-order chi connectivity index (χ1) is 6.32. The second-order valence-electron chi connectivity index (χ2n) is 5.61. The maximum atomic E-state index is 11.3. The highest BCUT2D eigenvalue weighted by molar-refractivity contribution is 5.80. The van der Waals surface area contributed by atoms with Crippen molar-refractivity contribution in [3.63, 3.8) is 0 Å². The van der Waals surface area contributed by atoms with E-state index in [4.69, 9.17) is 5.73 Å². The van der Waals surface area contributed by atoms with E-state index in [-0.39, 0.29) is 17.4 Å². The molecular weight excluding hydrogens is 176 g/mol. The molecule has 1 aliphatic rings. The first-order valence-electron chi connectivity index (χ1n) is 5.35. The van der Waals surface area contributed by atoms with Crippen molar-refractivity contribution < 1.29 is 4.79 Å². The molecular formula is C11H22N2O. The highest BCUT2D eigenvalue weighted by Gasteiger charge is 2.40. The van der Waals surface area contributed by atoms with Crippen molar-refractivity contribution in [1.82, 2.24) is 4.90 Å². The van der Waals surface area contributed by atoms with E-state index in [0.717, 1.165) is 19.5 Å². The largest absolute Gasteiger partial charge is 0.368 e. The van der Waals surface area contributed by atoms with Crippen molar-refractivity contribution in [2.24, 2.45) is 17.1 Å². The monoisotopic (exact) mass is 198 g/mol. The van der Waals surface area contributed by atoms with Crippen LogP contribution < -0.4 is 5.73 Å². The molecule has 0 saturated carbocycles. The van der Waals surface area contributed by atoms with Crippen LogP contribution in [0.5, 0.6) is 0 Å². The fourth-order valence-corrected chi connectivity index (χ4v) is 2.32. The zero-order valence-electron chi connectivity index (χ0n) is 9.71. The lowest BCUT2D eigenvalue weighted by molar-refractivity contribution is -0.122. The van der Waals surface area contributed by atoms with Gasteiger partial charge in [0, 0.05) is 13.1 Å². The summed E-state index contributed by atoms with van der Waals surface area (Å²) in [5.41, 5.74) is 5.64. The molecule has 1 heterocycles. The third-order valence-electron chi connectivity index (χ3n) is 2.75. The Balaban J connectivity index is 2.67. The van der Waals surface area contributed by atoms with Crippen LogP contribution in [0.15, 0.2) is 0 Å². The summed E-state index contributed by atoms with van der Waals surface area (Å²) in [5.74, 6) is 0.418. The SMILES string of the molecule is CC(C)CN1CC(C)(C)CC1C(N)=O. The van der Waals surface area contributed by atoms with E-state index in [2.05, 4.69) is 32.6 Å². The molecule has 14 heavy (non-hydrogen) atoms. The van der Waals surface area contributed by atoms with Gasteiger partial charge in [-0.1, -0.05) is 27.7 Å². The normalized spacial score (nSPS) is 27.1. The fraction of sp³-hybridized carbons (Fsp3) is 0.909. The van der Waals surface area contributed by atoms with Crippen molar-refractivity contribution in [2.45, 2.75) is 40.2 Å². The van der Waals surface area contributed by atoms with Crippen LogP contribution in [0, 0.1) is 11.3 Å². The minimum absolute atomic E-state index is 0.0487.